The number of benzene rings is 1. The fourth-order valence-corrected chi connectivity index (χ4v) is 1.45. The molecule has 1 N–H and O–H groups in total. The minimum atomic E-state index is 0.222. The topological polar surface area (TPSA) is 46.3 Å². The van der Waals surface area contributed by atoms with Gasteiger partial charge in [-0.05, 0) is 25.5 Å². The van der Waals surface area contributed by atoms with Gasteiger partial charge in [0.1, 0.15) is 5.75 Å². The average Bonchev–Trinajstić information content (AvgIpc) is 2.70. The number of nitrogens with zero attached hydrogens (tertiary/aromatic N) is 1. The molecule has 15 heavy (non-hydrogen) atoms. The van der Waals surface area contributed by atoms with Crippen LogP contribution >= 0.6 is 0 Å². The van der Waals surface area contributed by atoms with Gasteiger partial charge in [-0.2, -0.15) is 0 Å². The number of hydrogen-bond acceptors (Lipinski definition) is 3. The molecular weight excluding hydrogens is 190 g/mol. The van der Waals surface area contributed by atoms with E-state index in [1.165, 1.54) is 0 Å². The van der Waals surface area contributed by atoms with Crippen LogP contribution in [0.4, 0.5) is 0 Å². The van der Waals surface area contributed by atoms with Gasteiger partial charge in [0.15, 0.2) is 5.76 Å². The Bertz CT molecular complexity index is 474. The van der Waals surface area contributed by atoms with Gasteiger partial charge in [0, 0.05) is 6.07 Å². The summed E-state index contributed by atoms with van der Waals surface area (Å²) in [6, 6.07) is 7.26. The Morgan fingerprint density at radius 1 is 1.33 bits per heavy atom. The number of phenolic OH excluding ortho intramolecular Hbond substituents is 1. The van der Waals surface area contributed by atoms with Crippen LogP contribution in [-0.2, 0) is 6.42 Å². The van der Waals surface area contributed by atoms with Crippen molar-refractivity contribution in [2.75, 3.05) is 0 Å². The monoisotopic (exact) mass is 203 g/mol. The predicted molar refractivity (Wildman–Crippen MR) is 57.7 cm³/mol. The minimum absolute atomic E-state index is 0.222. The zero-order chi connectivity index (χ0) is 10.8. The van der Waals surface area contributed by atoms with E-state index in [4.69, 9.17) is 4.52 Å². The Hall–Kier alpha value is -1.77. The number of rotatable bonds is 2. The largest absolute Gasteiger partial charge is 0.507 e. The van der Waals surface area contributed by atoms with E-state index in [1.807, 2.05) is 32.0 Å². The van der Waals surface area contributed by atoms with Crippen molar-refractivity contribution >= 4 is 0 Å². The van der Waals surface area contributed by atoms with Gasteiger partial charge in [0.2, 0.25) is 0 Å². The lowest BCUT2D eigenvalue weighted by molar-refractivity contribution is 0.419. The molecule has 0 radical (unpaired) electrons. The molecular formula is C12H13NO2. The van der Waals surface area contributed by atoms with Gasteiger partial charge in [0.25, 0.3) is 0 Å². The molecule has 0 unspecified atom stereocenters. The second-order valence-electron chi connectivity index (χ2n) is 3.56. The van der Waals surface area contributed by atoms with Gasteiger partial charge in [-0.1, -0.05) is 23.7 Å². The normalized spacial score (nSPS) is 10.5. The van der Waals surface area contributed by atoms with Crippen LogP contribution in [0.3, 0.4) is 0 Å². The zero-order valence-electron chi connectivity index (χ0n) is 8.82. The first-order valence-corrected chi connectivity index (χ1v) is 4.96. The molecule has 0 atom stereocenters. The number of aryl methyl sites for hydroxylation is 2. The third-order valence-corrected chi connectivity index (χ3v) is 2.34. The van der Waals surface area contributed by atoms with Crippen molar-refractivity contribution in [3.05, 3.63) is 35.5 Å². The average molecular weight is 203 g/mol. The molecule has 0 aliphatic rings. The first-order valence-electron chi connectivity index (χ1n) is 4.96. The summed E-state index contributed by atoms with van der Waals surface area (Å²) in [7, 11) is 0. The van der Waals surface area contributed by atoms with Crippen molar-refractivity contribution in [3.8, 4) is 17.1 Å². The standard InChI is InChI=1S/C12H13NO2/c1-3-9-7-12(15-13-9)10-6-8(2)4-5-11(10)14/h4-7,14H,3H2,1-2H3. The number of aromatic hydroxyl groups is 1. The smallest absolute Gasteiger partial charge is 0.170 e. The molecule has 1 aromatic heterocycles. The Morgan fingerprint density at radius 3 is 2.80 bits per heavy atom. The first kappa shape index (κ1) is 9.77. The maximum Gasteiger partial charge on any atom is 0.170 e. The fourth-order valence-electron chi connectivity index (χ4n) is 1.45. The maximum atomic E-state index is 9.68. The summed E-state index contributed by atoms with van der Waals surface area (Å²) in [6.45, 7) is 3.98. The second-order valence-corrected chi connectivity index (χ2v) is 3.56. The van der Waals surface area contributed by atoms with E-state index in [0.717, 1.165) is 17.7 Å². The highest BCUT2D eigenvalue weighted by molar-refractivity contribution is 5.66. The van der Waals surface area contributed by atoms with Crippen molar-refractivity contribution in [1.82, 2.24) is 5.16 Å². The molecule has 2 rings (SSSR count). The quantitative estimate of drug-likeness (QED) is 0.816. The van der Waals surface area contributed by atoms with Crippen molar-refractivity contribution in [2.45, 2.75) is 20.3 Å². The van der Waals surface area contributed by atoms with E-state index < -0.39 is 0 Å². The van der Waals surface area contributed by atoms with E-state index in [-0.39, 0.29) is 5.75 Å². The van der Waals surface area contributed by atoms with Gasteiger partial charge in [0.05, 0.1) is 11.3 Å². The van der Waals surface area contributed by atoms with Crippen LogP contribution in [-0.4, -0.2) is 10.3 Å². The van der Waals surface area contributed by atoms with Crippen LogP contribution < -0.4 is 0 Å². The van der Waals surface area contributed by atoms with E-state index in [9.17, 15) is 5.11 Å². The van der Waals surface area contributed by atoms with E-state index in [1.54, 1.807) is 6.07 Å². The summed E-state index contributed by atoms with van der Waals surface area (Å²) in [6.07, 6.45) is 0.829. The van der Waals surface area contributed by atoms with Crippen LogP contribution in [0.5, 0.6) is 5.75 Å². The predicted octanol–water partition coefficient (Wildman–Crippen LogP) is 2.92. The molecule has 0 amide bonds. The maximum absolute atomic E-state index is 9.68. The zero-order valence-corrected chi connectivity index (χ0v) is 8.82. The lowest BCUT2D eigenvalue weighted by Gasteiger charge is -2.00. The van der Waals surface area contributed by atoms with E-state index in [2.05, 4.69) is 5.16 Å². The van der Waals surface area contributed by atoms with Crippen LogP contribution in [0.25, 0.3) is 11.3 Å². The molecule has 1 aromatic carbocycles. The summed E-state index contributed by atoms with van der Waals surface area (Å²) >= 11 is 0. The van der Waals surface area contributed by atoms with Gasteiger partial charge in [-0.3, -0.25) is 0 Å². The number of aromatic nitrogens is 1. The Labute approximate surface area is 88.3 Å². The van der Waals surface area contributed by atoms with Gasteiger partial charge in [-0.25, -0.2) is 0 Å². The van der Waals surface area contributed by atoms with E-state index >= 15 is 0 Å². The molecule has 0 saturated carbocycles. The first-order chi connectivity index (χ1) is 7.20. The third-order valence-electron chi connectivity index (χ3n) is 2.34. The molecule has 0 saturated heterocycles. The van der Waals surface area contributed by atoms with Crippen molar-refractivity contribution in [1.29, 1.82) is 0 Å². The molecule has 0 aliphatic heterocycles. The minimum Gasteiger partial charge on any atom is -0.507 e. The summed E-state index contributed by atoms with van der Waals surface area (Å²) in [5.41, 5.74) is 2.67. The van der Waals surface area contributed by atoms with E-state index in [0.29, 0.717) is 11.3 Å². The summed E-state index contributed by atoms with van der Waals surface area (Å²) in [5, 5.41) is 13.6. The Kier molecular flexibility index (Phi) is 2.46. The van der Waals surface area contributed by atoms with Gasteiger partial charge in [-0.15, -0.1) is 0 Å². The number of hydrogen-bond donors (Lipinski definition) is 1. The van der Waals surface area contributed by atoms with Crippen molar-refractivity contribution in [2.24, 2.45) is 0 Å². The summed E-state index contributed by atoms with van der Waals surface area (Å²) < 4.78 is 5.17. The van der Waals surface area contributed by atoms with Crippen LogP contribution in [0, 0.1) is 6.92 Å². The van der Waals surface area contributed by atoms with Gasteiger partial charge < -0.3 is 9.63 Å². The van der Waals surface area contributed by atoms with Crippen LogP contribution in [0.2, 0.25) is 0 Å². The van der Waals surface area contributed by atoms with Crippen molar-refractivity contribution < 1.29 is 9.63 Å². The molecule has 0 bridgehead atoms. The van der Waals surface area contributed by atoms with Crippen LogP contribution in [0.1, 0.15) is 18.2 Å². The number of phenols is 1. The second kappa shape index (κ2) is 3.77. The fraction of sp³-hybridized carbons (Fsp3) is 0.250. The Balaban J connectivity index is 2.48. The summed E-state index contributed by atoms with van der Waals surface area (Å²) in [4.78, 5) is 0. The summed E-state index contributed by atoms with van der Waals surface area (Å²) in [5.74, 6) is 0.840. The molecule has 1 heterocycles. The molecule has 3 heteroatoms. The molecule has 0 spiro atoms. The van der Waals surface area contributed by atoms with Gasteiger partial charge >= 0.3 is 0 Å². The third kappa shape index (κ3) is 1.86. The lowest BCUT2D eigenvalue weighted by Crippen LogP contribution is -1.78. The van der Waals surface area contributed by atoms with Crippen molar-refractivity contribution in [3.63, 3.8) is 0 Å². The molecule has 0 aliphatic carbocycles. The highest BCUT2D eigenvalue weighted by Crippen LogP contribution is 2.30. The SMILES string of the molecule is CCc1cc(-c2cc(C)ccc2O)on1. The lowest BCUT2D eigenvalue weighted by atomic mass is 10.1. The van der Waals surface area contributed by atoms with Crippen LogP contribution in [0.15, 0.2) is 28.8 Å². The Morgan fingerprint density at radius 2 is 2.13 bits per heavy atom. The molecule has 0 fully saturated rings. The highest BCUT2D eigenvalue weighted by atomic mass is 16.5. The molecule has 78 valence electrons. The highest BCUT2D eigenvalue weighted by Gasteiger charge is 2.10. The molecule has 3 nitrogen and oxygen atoms in total. The molecule has 2 aromatic rings.